The highest BCUT2D eigenvalue weighted by Crippen LogP contribution is 2.35. The minimum Gasteiger partial charge on any atom is -0.366 e. The number of anilines is 1. The number of hydrogen-bond acceptors (Lipinski definition) is 4. The molecule has 1 aliphatic rings. The van der Waals surface area contributed by atoms with Gasteiger partial charge in [-0.3, -0.25) is 14.6 Å². The third kappa shape index (κ3) is 4.42. The van der Waals surface area contributed by atoms with Crippen LogP contribution in [0, 0.1) is 19.7 Å². The van der Waals surface area contributed by atoms with Crippen LogP contribution in [-0.2, 0) is 16.0 Å². The van der Waals surface area contributed by atoms with Crippen molar-refractivity contribution in [1.82, 2.24) is 9.88 Å². The number of carbonyl (C=O) groups excluding carboxylic acids is 2. The standard InChI is InChI=1S/C27H26FN3O2/c1-4-30(15-12-20-10-13-29-14-11-20)25-24(21-9-8-18(2)19(3)16-21)26(32)31(27(25)33)23-7-5-6-22(28)17-23/h5-11,13-14,16-17H,4,12,15H2,1-3H3. The number of carbonyl (C=O) groups is 2. The second-order valence-corrected chi connectivity index (χ2v) is 8.13. The fraction of sp³-hybridized carbons (Fsp3) is 0.222. The Bertz CT molecular complexity index is 1240. The number of nitrogens with zero attached hydrogens (tertiary/aromatic N) is 3. The van der Waals surface area contributed by atoms with Gasteiger partial charge in [0, 0.05) is 25.5 Å². The molecule has 0 saturated heterocycles. The van der Waals surface area contributed by atoms with Crippen LogP contribution in [-0.4, -0.2) is 34.8 Å². The molecule has 0 aliphatic carbocycles. The van der Waals surface area contributed by atoms with Gasteiger partial charge in [-0.25, -0.2) is 9.29 Å². The maximum Gasteiger partial charge on any atom is 0.282 e. The first-order valence-electron chi connectivity index (χ1n) is 11.0. The van der Waals surface area contributed by atoms with E-state index in [2.05, 4.69) is 4.98 Å². The Morgan fingerprint density at radius 3 is 2.36 bits per heavy atom. The summed E-state index contributed by atoms with van der Waals surface area (Å²) in [5, 5.41) is 0. The molecule has 4 rings (SSSR count). The number of halogens is 1. The van der Waals surface area contributed by atoms with Gasteiger partial charge in [0.2, 0.25) is 0 Å². The van der Waals surface area contributed by atoms with Crippen LogP contribution < -0.4 is 4.90 Å². The molecule has 168 valence electrons. The fourth-order valence-electron chi connectivity index (χ4n) is 4.06. The van der Waals surface area contributed by atoms with Gasteiger partial charge in [0.05, 0.1) is 11.3 Å². The lowest BCUT2D eigenvalue weighted by atomic mass is 9.99. The van der Waals surface area contributed by atoms with Crippen molar-refractivity contribution in [3.05, 3.63) is 101 Å². The molecule has 0 N–H and O–H groups in total. The lowest BCUT2D eigenvalue weighted by Gasteiger charge is -2.25. The van der Waals surface area contributed by atoms with Crippen LogP contribution in [0.15, 0.2) is 72.7 Å². The molecule has 0 spiro atoms. The van der Waals surface area contributed by atoms with Crippen molar-refractivity contribution in [2.45, 2.75) is 27.2 Å². The van der Waals surface area contributed by atoms with E-state index in [4.69, 9.17) is 0 Å². The maximum atomic E-state index is 13.9. The third-order valence-electron chi connectivity index (χ3n) is 6.04. The summed E-state index contributed by atoms with van der Waals surface area (Å²) in [6, 6.07) is 15.2. The summed E-state index contributed by atoms with van der Waals surface area (Å²) in [6.07, 6.45) is 4.17. The molecule has 33 heavy (non-hydrogen) atoms. The molecule has 3 aromatic rings. The summed E-state index contributed by atoms with van der Waals surface area (Å²) in [5.74, 6) is -1.37. The second-order valence-electron chi connectivity index (χ2n) is 8.13. The zero-order valence-electron chi connectivity index (χ0n) is 19.0. The first-order valence-corrected chi connectivity index (χ1v) is 11.0. The van der Waals surface area contributed by atoms with E-state index in [1.165, 1.54) is 18.2 Å². The van der Waals surface area contributed by atoms with E-state index in [0.717, 1.165) is 21.6 Å². The average molecular weight is 444 g/mol. The summed E-state index contributed by atoms with van der Waals surface area (Å²) < 4.78 is 13.9. The van der Waals surface area contributed by atoms with Crippen molar-refractivity contribution in [3.8, 4) is 0 Å². The Balaban J connectivity index is 1.79. The number of likely N-dealkylation sites (N-methyl/N-ethyl adjacent to an activating group) is 1. The number of rotatable bonds is 7. The number of hydrogen-bond donors (Lipinski definition) is 0. The highest BCUT2D eigenvalue weighted by Gasteiger charge is 2.42. The lowest BCUT2D eigenvalue weighted by molar-refractivity contribution is -0.120. The SMILES string of the molecule is CCN(CCc1ccncc1)C1=C(c2ccc(C)c(C)c2)C(=O)N(c2cccc(F)c2)C1=O. The van der Waals surface area contributed by atoms with Gasteiger partial charge < -0.3 is 4.90 Å². The first-order chi connectivity index (χ1) is 15.9. The zero-order valence-corrected chi connectivity index (χ0v) is 19.0. The van der Waals surface area contributed by atoms with Crippen LogP contribution in [0.2, 0.25) is 0 Å². The highest BCUT2D eigenvalue weighted by atomic mass is 19.1. The number of amides is 2. The monoisotopic (exact) mass is 443 g/mol. The minimum absolute atomic E-state index is 0.228. The van der Waals surface area contributed by atoms with E-state index in [1.54, 1.807) is 18.5 Å². The van der Waals surface area contributed by atoms with Crippen LogP contribution >= 0.6 is 0 Å². The number of aryl methyl sites for hydroxylation is 2. The van der Waals surface area contributed by atoms with Crippen molar-refractivity contribution in [3.63, 3.8) is 0 Å². The Kier molecular flexibility index (Phi) is 6.36. The quantitative estimate of drug-likeness (QED) is 0.498. The van der Waals surface area contributed by atoms with Crippen LogP contribution in [0.25, 0.3) is 5.57 Å². The van der Waals surface area contributed by atoms with Crippen molar-refractivity contribution >= 4 is 23.1 Å². The average Bonchev–Trinajstić information content (AvgIpc) is 3.07. The fourth-order valence-corrected chi connectivity index (χ4v) is 4.06. The van der Waals surface area contributed by atoms with E-state index < -0.39 is 17.6 Å². The Morgan fingerprint density at radius 2 is 1.70 bits per heavy atom. The van der Waals surface area contributed by atoms with Crippen LogP contribution in [0.3, 0.4) is 0 Å². The van der Waals surface area contributed by atoms with Crippen molar-refractivity contribution in [2.24, 2.45) is 0 Å². The summed E-state index contributed by atoms with van der Waals surface area (Å²) in [6.45, 7) is 7.04. The van der Waals surface area contributed by atoms with Gasteiger partial charge in [-0.15, -0.1) is 0 Å². The zero-order chi connectivity index (χ0) is 23.5. The number of pyridine rings is 1. The smallest absolute Gasteiger partial charge is 0.282 e. The van der Waals surface area contributed by atoms with Crippen LogP contribution in [0.1, 0.15) is 29.2 Å². The molecule has 2 aromatic carbocycles. The predicted molar refractivity (Wildman–Crippen MR) is 127 cm³/mol. The Morgan fingerprint density at radius 1 is 0.939 bits per heavy atom. The Labute approximate surface area is 193 Å². The molecule has 0 unspecified atom stereocenters. The van der Waals surface area contributed by atoms with Gasteiger partial charge in [0.25, 0.3) is 11.8 Å². The molecule has 1 aromatic heterocycles. The number of aromatic nitrogens is 1. The summed E-state index contributed by atoms with van der Waals surface area (Å²) >= 11 is 0. The summed E-state index contributed by atoms with van der Waals surface area (Å²) in [5.41, 5.74) is 4.84. The molecule has 0 atom stereocenters. The van der Waals surface area contributed by atoms with Gasteiger partial charge in [-0.05, 0) is 79.8 Å². The molecule has 6 heteroatoms. The van der Waals surface area contributed by atoms with Gasteiger partial charge >= 0.3 is 0 Å². The van der Waals surface area contributed by atoms with Gasteiger partial charge in [0.15, 0.2) is 0 Å². The van der Waals surface area contributed by atoms with Gasteiger partial charge in [-0.2, -0.15) is 0 Å². The molecule has 0 fully saturated rings. The van der Waals surface area contributed by atoms with E-state index in [-0.39, 0.29) is 5.69 Å². The van der Waals surface area contributed by atoms with Crippen molar-refractivity contribution < 1.29 is 14.0 Å². The van der Waals surface area contributed by atoms with Crippen LogP contribution in [0.5, 0.6) is 0 Å². The highest BCUT2D eigenvalue weighted by molar-refractivity contribution is 6.45. The predicted octanol–water partition coefficient (Wildman–Crippen LogP) is 4.69. The third-order valence-corrected chi connectivity index (χ3v) is 6.04. The van der Waals surface area contributed by atoms with Gasteiger partial charge in [0.1, 0.15) is 11.5 Å². The van der Waals surface area contributed by atoms with E-state index >= 15 is 0 Å². The van der Waals surface area contributed by atoms with E-state index in [9.17, 15) is 14.0 Å². The molecular weight excluding hydrogens is 417 g/mol. The van der Waals surface area contributed by atoms with Crippen LogP contribution in [0.4, 0.5) is 10.1 Å². The topological polar surface area (TPSA) is 53.5 Å². The molecule has 0 saturated carbocycles. The number of imide groups is 1. The lowest BCUT2D eigenvalue weighted by Crippen LogP contribution is -2.36. The molecular formula is C27H26FN3O2. The molecule has 2 amide bonds. The molecule has 0 radical (unpaired) electrons. The summed E-state index contributed by atoms with van der Waals surface area (Å²) in [7, 11) is 0. The molecule has 2 heterocycles. The molecule has 5 nitrogen and oxygen atoms in total. The van der Waals surface area contributed by atoms with E-state index in [1.807, 2.05) is 56.0 Å². The maximum absolute atomic E-state index is 13.9. The Hall–Kier alpha value is -3.80. The van der Waals surface area contributed by atoms with E-state index in [0.29, 0.717) is 36.3 Å². The molecule has 0 bridgehead atoms. The second kappa shape index (κ2) is 9.36. The van der Waals surface area contributed by atoms with Gasteiger partial charge in [-0.1, -0.05) is 24.3 Å². The summed E-state index contributed by atoms with van der Waals surface area (Å²) in [4.78, 5) is 34.3. The van der Waals surface area contributed by atoms with Crippen molar-refractivity contribution in [2.75, 3.05) is 18.0 Å². The van der Waals surface area contributed by atoms with Crippen molar-refractivity contribution in [1.29, 1.82) is 0 Å². The normalized spacial score (nSPS) is 13.8. The molecule has 1 aliphatic heterocycles. The minimum atomic E-state index is -0.501. The first kappa shape index (κ1) is 22.4. The largest absolute Gasteiger partial charge is 0.366 e. The number of benzene rings is 2.